The summed E-state index contributed by atoms with van der Waals surface area (Å²) in [5.41, 5.74) is 2.49. The minimum atomic E-state index is -3.08. The van der Waals surface area contributed by atoms with E-state index in [1.165, 1.54) is 11.1 Å². The van der Waals surface area contributed by atoms with Crippen LogP contribution in [0.1, 0.15) is 25.0 Å². The molecule has 2 rings (SSSR count). The van der Waals surface area contributed by atoms with Gasteiger partial charge in [-0.05, 0) is 0 Å². The summed E-state index contributed by atoms with van der Waals surface area (Å²) in [6, 6.07) is 16.5. The monoisotopic (exact) mass is 392 g/mol. The van der Waals surface area contributed by atoms with Crippen molar-refractivity contribution in [3.05, 3.63) is 59.7 Å². The third kappa shape index (κ3) is 4.40. The summed E-state index contributed by atoms with van der Waals surface area (Å²) >= 11 is -3.08. The zero-order chi connectivity index (χ0) is 15.3. The van der Waals surface area contributed by atoms with E-state index in [0.717, 1.165) is 24.3 Å². The summed E-state index contributed by atoms with van der Waals surface area (Å²) in [6.45, 7) is 4.30. The maximum absolute atomic E-state index is 6.32. The van der Waals surface area contributed by atoms with Crippen molar-refractivity contribution < 1.29 is 6.15 Å². The van der Waals surface area contributed by atoms with Gasteiger partial charge in [0.2, 0.25) is 0 Å². The van der Waals surface area contributed by atoms with E-state index in [1.807, 2.05) is 24.3 Å². The fourth-order valence-corrected chi connectivity index (χ4v) is 6.62. The van der Waals surface area contributed by atoms with Crippen LogP contribution in [0.15, 0.2) is 48.5 Å². The summed E-state index contributed by atoms with van der Waals surface area (Å²) in [4.78, 5) is 4.32. The van der Waals surface area contributed by atoms with E-state index in [9.17, 15) is 0 Å². The number of aryl methyl sites for hydroxylation is 2. The van der Waals surface area contributed by atoms with Crippen molar-refractivity contribution in [1.82, 2.24) is 0 Å². The van der Waals surface area contributed by atoms with Gasteiger partial charge in [-0.3, -0.25) is 0 Å². The summed E-state index contributed by atoms with van der Waals surface area (Å²) in [7, 11) is 0. The van der Waals surface area contributed by atoms with Gasteiger partial charge in [0.05, 0.1) is 0 Å². The van der Waals surface area contributed by atoms with Gasteiger partial charge in [0.25, 0.3) is 0 Å². The van der Waals surface area contributed by atoms with Crippen LogP contribution in [-0.4, -0.2) is 19.2 Å². The molecule has 2 nitrogen and oxygen atoms in total. The first-order valence-electron chi connectivity index (χ1n) is 7.59. The van der Waals surface area contributed by atoms with Gasteiger partial charge in [0.1, 0.15) is 0 Å². The van der Waals surface area contributed by atoms with Crippen LogP contribution in [0.3, 0.4) is 0 Å². The molecule has 0 aliphatic rings. The Morgan fingerprint density at radius 1 is 0.714 bits per heavy atom. The first-order chi connectivity index (χ1) is 10.1. The topological polar surface area (TPSA) is 18.5 Å². The van der Waals surface area contributed by atoms with Gasteiger partial charge in [-0.15, -0.1) is 0 Å². The van der Waals surface area contributed by atoms with Gasteiger partial charge in [-0.2, -0.15) is 0 Å². The molecule has 3 heteroatoms. The maximum atomic E-state index is 6.32. The second-order valence-electron chi connectivity index (χ2n) is 5.53. The third-order valence-electron chi connectivity index (χ3n) is 3.42. The first kappa shape index (κ1) is 16.2. The van der Waals surface area contributed by atoms with Gasteiger partial charge in [-0.1, -0.05) is 0 Å². The number of rotatable bonds is 6. The van der Waals surface area contributed by atoms with Crippen molar-refractivity contribution in [3.63, 3.8) is 0 Å². The van der Waals surface area contributed by atoms with Crippen LogP contribution >= 0.6 is 0 Å². The zero-order valence-corrected chi connectivity index (χ0v) is 16.2. The average molecular weight is 391 g/mol. The Balaban J connectivity index is 2.18. The SMILES string of the molecule is CCc1ccccc1[O][Sn]([CH3])([CH3])[O]c1ccccc1CC. The molecule has 112 valence electrons. The number of hydrogen-bond donors (Lipinski definition) is 0. The zero-order valence-electron chi connectivity index (χ0n) is 13.3. The van der Waals surface area contributed by atoms with Gasteiger partial charge in [-0.25, -0.2) is 0 Å². The molecule has 0 radical (unpaired) electrons. The summed E-state index contributed by atoms with van der Waals surface area (Å²) < 4.78 is 12.6. The third-order valence-corrected chi connectivity index (χ3v) is 7.48. The van der Waals surface area contributed by atoms with Gasteiger partial charge in [0, 0.05) is 0 Å². The Morgan fingerprint density at radius 2 is 1.10 bits per heavy atom. The Bertz CT molecular complexity index is 542. The molecule has 21 heavy (non-hydrogen) atoms. The summed E-state index contributed by atoms with van der Waals surface area (Å²) in [5, 5.41) is 0. The second kappa shape index (κ2) is 7.21. The number of hydrogen-bond acceptors (Lipinski definition) is 2. The van der Waals surface area contributed by atoms with Gasteiger partial charge < -0.3 is 0 Å². The molecule has 2 aromatic rings. The van der Waals surface area contributed by atoms with E-state index in [4.69, 9.17) is 6.15 Å². The predicted molar refractivity (Wildman–Crippen MR) is 90.4 cm³/mol. The minimum absolute atomic E-state index is 0.976. The Hall–Kier alpha value is -1.16. The van der Waals surface area contributed by atoms with E-state index >= 15 is 0 Å². The molecule has 0 atom stereocenters. The molecule has 0 aromatic heterocycles. The van der Waals surface area contributed by atoms with Crippen LogP contribution in [-0.2, 0) is 12.8 Å². The summed E-state index contributed by atoms with van der Waals surface area (Å²) in [6.07, 6.45) is 1.95. The first-order valence-corrected chi connectivity index (χ1v) is 15.6. The molecule has 0 N–H and O–H groups in total. The fraction of sp³-hybridized carbons (Fsp3) is 0.333. The van der Waals surface area contributed by atoms with Crippen LogP contribution in [0.5, 0.6) is 11.5 Å². The fourth-order valence-electron chi connectivity index (χ4n) is 2.34. The molecule has 0 bridgehead atoms. The van der Waals surface area contributed by atoms with Crippen molar-refractivity contribution in [1.29, 1.82) is 0 Å². The van der Waals surface area contributed by atoms with Crippen LogP contribution < -0.4 is 6.15 Å². The molecular weight excluding hydrogens is 367 g/mol. The number of benzene rings is 2. The Labute approximate surface area is 133 Å². The Morgan fingerprint density at radius 3 is 1.48 bits per heavy atom. The molecule has 0 saturated carbocycles. The van der Waals surface area contributed by atoms with E-state index in [1.54, 1.807) is 0 Å². The van der Waals surface area contributed by atoms with Crippen molar-refractivity contribution >= 4 is 19.2 Å². The van der Waals surface area contributed by atoms with Gasteiger partial charge >= 0.3 is 133 Å². The van der Waals surface area contributed by atoms with Crippen LogP contribution in [0.25, 0.3) is 0 Å². The van der Waals surface area contributed by atoms with Crippen LogP contribution in [0.4, 0.5) is 0 Å². The normalized spacial score (nSPS) is 11.2. The van der Waals surface area contributed by atoms with Crippen LogP contribution in [0, 0.1) is 0 Å². The molecular formula is C18H24O2Sn. The molecule has 0 aliphatic heterocycles. The predicted octanol–water partition coefficient (Wildman–Crippen LogP) is 4.97. The van der Waals surface area contributed by atoms with Crippen molar-refractivity contribution in [2.75, 3.05) is 0 Å². The molecule has 0 saturated heterocycles. The van der Waals surface area contributed by atoms with Crippen molar-refractivity contribution in [2.45, 2.75) is 36.6 Å². The van der Waals surface area contributed by atoms with E-state index in [0.29, 0.717) is 0 Å². The second-order valence-corrected chi connectivity index (χ2v) is 14.7. The van der Waals surface area contributed by atoms with Crippen LogP contribution in [0.2, 0.25) is 9.88 Å². The van der Waals surface area contributed by atoms with E-state index in [-0.39, 0.29) is 0 Å². The van der Waals surface area contributed by atoms with Gasteiger partial charge in [0.15, 0.2) is 0 Å². The standard InChI is InChI=1S/2C8H10O.2CH3.Sn/c2*1-2-7-5-3-4-6-8(7)9;;;/h2*3-6,9H,2H2,1H3;2*1H3;/q;;;;+2/p-2. The number of para-hydroxylation sites is 2. The molecule has 0 fully saturated rings. The van der Waals surface area contributed by atoms with E-state index < -0.39 is 19.2 Å². The molecule has 0 unspecified atom stereocenters. The van der Waals surface area contributed by atoms with E-state index in [2.05, 4.69) is 48.0 Å². The molecule has 0 aliphatic carbocycles. The van der Waals surface area contributed by atoms with Crippen molar-refractivity contribution in [2.24, 2.45) is 0 Å². The Kier molecular flexibility index (Phi) is 5.57. The average Bonchev–Trinajstić information content (AvgIpc) is 2.47. The molecule has 0 amide bonds. The molecule has 2 aromatic carbocycles. The quantitative estimate of drug-likeness (QED) is 0.648. The molecule has 0 spiro atoms. The summed E-state index contributed by atoms with van der Waals surface area (Å²) in [5.74, 6) is 1.96. The van der Waals surface area contributed by atoms with Crippen molar-refractivity contribution in [3.8, 4) is 11.5 Å². The molecule has 0 heterocycles.